The maximum absolute atomic E-state index is 12.1. The predicted octanol–water partition coefficient (Wildman–Crippen LogP) is 5.25. The minimum atomic E-state index is -0.447. The molecule has 0 aliphatic carbocycles. The van der Waals surface area contributed by atoms with Gasteiger partial charge in [-0.1, -0.05) is 30.3 Å². The van der Waals surface area contributed by atoms with Crippen LogP contribution >= 0.6 is 0 Å². The van der Waals surface area contributed by atoms with Crippen LogP contribution in [0.2, 0.25) is 0 Å². The quantitative estimate of drug-likeness (QED) is 0.388. The Hall–Kier alpha value is -3.73. The molecule has 0 saturated carbocycles. The van der Waals surface area contributed by atoms with Crippen molar-refractivity contribution in [3.05, 3.63) is 90.0 Å². The summed E-state index contributed by atoms with van der Waals surface area (Å²) in [5.74, 6) is 2.27. The van der Waals surface area contributed by atoms with Gasteiger partial charge in [-0.3, -0.25) is 0 Å². The molecule has 3 aromatic rings. The molecule has 0 aromatic heterocycles. The number of carbonyl (C=O) groups excluding carboxylic acids is 1. The number of para-hydroxylation sites is 1. The standard InChI is InChI=1S/C24H22O5/c1-26-21-13-11-19(23(16-21)27-2)12-14-24(25)28-17-18-7-6-10-22(15-18)29-20-8-4-3-5-9-20/h3-16H,17H2,1-2H3. The number of rotatable bonds is 8. The Kier molecular flexibility index (Phi) is 6.90. The molecule has 3 rings (SSSR count). The fraction of sp³-hybridized carbons (Fsp3) is 0.125. The van der Waals surface area contributed by atoms with Gasteiger partial charge in [0.25, 0.3) is 0 Å². The van der Waals surface area contributed by atoms with Crippen molar-refractivity contribution in [3.63, 3.8) is 0 Å². The zero-order valence-corrected chi connectivity index (χ0v) is 16.3. The molecule has 5 nitrogen and oxygen atoms in total. The molecule has 0 spiro atoms. The van der Waals surface area contributed by atoms with E-state index in [0.29, 0.717) is 17.2 Å². The SMILES string of the molecule is COc1ccc(C=CC(=O)OCc2cccc(Oc3ccccc3)c2)c(OC)c1. The normalized spacial score (nSPS) is 10.6. The van der Waals surface area contributed by atoms with Crippen molar-refractivity contribution in [3.8, 4) is 23.0 Å². The number of hydrogen-bond donors (Lipinski definition) is 0. The Labute approximate surface area is 170 Å². The summed E-state index contributed by atoms with van der Waals surface area (Å²) in [7, 11) is 3.15. The summed E-state index contributed by atoms with van der Waals surface area (Å²) in [5, 5.41) is 0. The molecule has 29 heavy (non-hydrogen) atoms. The lowest BCUT2D eigenvalue weighted by atomic mass is 10.1. The van der Waals surface area contributed by atoms with Crippen molar-refractivity contribution in [1.82, 2.24) is 0 Å². The maximum atomic E-state index is 12.1. The molecular formula is C24H22O5. The van der Waals surface area contributed by atoms with E-state index in [9.17, 15) is 4.79 Å². The molecule has 5 heteroatoms. The van der Waals surface area contributed by atoms with E-state index >= 15 is 0 Å². The first-order valence-electron chi connectivity index (χ1n) is 9.06. The molecule has 0 heterocycles. The Morgan fingerprint density at radius 3 is 2.38 bits per heavy atom. The summed E-state index contributed by atoms with van der Waals surface area (Å²) >= 11 is 0. The minimum absolute atomic E-state index is 0.148. The van der Waals surface area contributed by atoms with Gasteiger partial charge in [0.15, 0.2) is 0 Å². The van der Waals surface area contributed by atoms with Crippen LogP contribution in [0.15, 0.2) is 78.9 Å². The molecule has 0 saturated heterocycles. The van der Waals surface area contributed by atoms with E-state index in [-0.39, 0.29) is 6.61 Å². The highest BCUT2D eigenvalue weighted by Gasteiger charge is 2.05. The van der Waals surface area contributed by atoms with Gasteiger partial charge in [-0.2, -0.15) is 0 Å². The molecule has 0 fully saturated rings. The van der Waals surface area contributed by atoms with Crippen molar-refractivity contribution in [1.29, 1.82) is 0 Å². The smallest absolute Gasteiger partial charge is 0.331 e. The topological polar surface area (TPSA) is 54.0 Å². The number of hydrogen-bond acceptors (Lipinski definition) is 5. The van der Waals surface area contributed by atoms with Crippen LogP contribution in [0.25, 0.3) is 6.08 Å². The van der Waals surface area contributed by atoms with Crippen LogP contribution in [0.3, 0.4) is 0 Å². The van der Waals surface area contributed by atoms with Crippen LogP contribution in [-0.4, -0.2) is 20.2 Å². The maximum Gasteiger partial charge on any atom is 0.331 e. The van der Waals surface area contributed by atoms with Gasteiger partial charge >= 0.3 is 5.97 Å². The van der Waals surface area contributed by atoms with E-state index < -0.39 is 5.97 Å². The molecular weight excluding hydrogens is 368 g/mol. The zero-order chi connectivity index (χ0) is 20.5. The van der Waals surface area contributed by atoms with Gasteiger partial charge in [-0.05, 0) is 48.0 Å². The van der Waals surface area contributed by atoms with Gasteiger partial charge < -0.3 is 18.9 Å². The Bertz CT molecular complexity index is 980. The molecule has 0 radical (unpaired) electrons. The average molecular weight is 390 g/mol. The van der Waals surface area contributed by atoms with Crippen molar-refractivity contribution in [2.75, 3.05) is 14.2 Å². The third-order valence-corrected chi connectivity index (χ3v) is 4.10. The summed E-state index contributed by atoms with van der Waals surface area (Å²) in [6, 6.07) is 22.3. The lowest BCUT2D eigenvalue weighted by Crippen LogP contribution is -2.01. The Morgan fingerprint density at radius 1 is 0.828 bits per heavy atom. The largest absolute Gasteiger partial charge is 0.497 e. The van der Waals surface area contributed by atoms with E-state index in [4.69, 9.17) is 18.9 Å². The van der Waals surface area contributed by atoms with Crippen LogP contribution in [0, 0.1) is 0 Å². The van der Waals surface area contributed by atoms with Crippen LogP contribution in [0.5, 0.6) is 23.0 Å². The molecule has 0 aliphatic rings. The highest BCUT2D eigenvalue weighted by Crippen LogP contribution is 2.26. The first-order chi connectivity index (χ1) is 14.2. The second kappa shape index (κ2) is 9.99. The number of carbonyl (C=O) groups is 1. The first-order valence-corrected chi connectivity index (χ1v) is 9.06. The fourth-order valence-electron chi connectivity index (χ4n) is 2.64. The average Bonchev–Trinajstić information content (AvgIpc) is 2.77. The second-order valence-electron chi connectivity index (χ2n) is 6.11. The van der Waals surface area contributed by atoms with Crippen molar-refractivity contribution >= 4 is 12.0 Å². The molecule has 0 unspecified atom stereocenters. The van der Waals surface area contributed by atoms with Crippen LogP contribution < -0.4 is 14.2 Å². The minimum Gasteiger partial charge on any atom is -0.497 e. The van der Waals surface area contributed by atoms with E-state index in [1.807, 2.05) is 60.7 Å². The number of benzene rings is 3. The van der Waals surface area contributed by atoms with Gasteiger partial charge in [0.2, 0.25) is 0 Å². The summed E-state index contributed by atoms with van der Waals surface area (Å²) in [6.07, 6.45) is 3.02. The molecule has 0 bridgehead atoms. The molecule has 0 atom stereocenters. The second-order valence-corrected chi connectivity index (χ2v) is 6.11. The molecule has 3 aromatic carbocycles. The Balaban J connectivity index is 1.58. The fourth-order valence-corrected chi connectivity index (χ4v) is 2.64. The first kappa shape index (κ1) is 20.0. The van der Waals surface area contributed by atoms with Gasteiger partial charge in [0.1, 0.15) is 29.6 Å². The van der Waals surface area contributed by atoms with Crippen LogP contribution in [0.1, 0.15) is 11.1 Å². The van der Waals surface area contributed by atoms with Gasteiger partial charge in [0.05, 0.1) is 14.2 Å². The van der Waals surface area contributed by atoms with Crippen LogP contribution in [0.4, 0.5) is 0 Å². The van der Waals surface area contributed by atoms with Gasteiger partial charge in [-0.15, -0.1) is 0 Å². The third-order valence-electron chi connectivity index (χ3n) is 4.10. The van der Waals surface area contributed by atoms with Crippen molar-refractivity contribution in [2.24, 2.45) is 0 Å². The van der Waals surface area contributed by atoms with E-state index in [1.165, 1.54) is 6.08 Å². The molecule has 0 aliphatic heterocycles. The number of ether oxygens (including phenoxy) is 4. The third kappa shape index (κ3) is 5.87. The van der Waals surface area contributed by atoms with E-state index in [1.54, 1.807) is 32.4 Å². The van der Waals surface area contributed by atoms with Gasteiger partial charge in [-0.25, -0.2) is 4.79 Å². The lowest BCUT2D eigenvalue weighted by Gasteiger charge is -2.08. The Morgan fingerprint density at radius 2 is 1.62 bits per heavy atom. The molecule has 148 valence electrons. The van der Waals surface area contributed by atoms with Crippen molar-refractivity contribution in [2.45, 2.75) is 6.61 Å². The van der Waals surface area contributed by atoms with Crippen LogP contribution in [-0.2, 0) is 16.1 Å². The highest BCUT2D eigenvalue weighted by atomic mass is 16.5. The monoisotopic (exact) mass is 390 g/mol. The summed E-state index contributed by atoms with van der Waals surface area (Å²) in [5.41, 5.74) is 1.59. The number of methoxy groups -OCH3 is 2. The predicted molar refractivity (Wildman–Crippen MR) is 111 cm³/mol. The van der Waals surface area contributed by atoms with E-state index in [2.05, 4.69) is 0 Å². The highest BCUT2D eigenvalue weighted by molar-refractivity contribution is 5.87. The van der Waals surface area contributed by atoms with E-state index in [0.717, 1.165) is 16.9 Å². The zero-order valence-electron chi connectivity index (χ0n) is 16.3. The number of esters is 1. The van der Waals surface area contributed by atoms with Gasteiger partial charge in [0, 0.05) is 17.7 Å². The summed E-state index contributed by atoms with van der Waals surface area (Å²) in [6.45, 7) is 0.148. The summed E-state index contributed by atoms with van der Waals surface area (Å²) < 4.78 is 21.6. The van der Waals surface area contributed by atoms with Crippen molar-refractivity contribution < 1.29 is 23.7 Å². The molecule has 0 amide bonds. The summed E-state index contributed by atoms with van der Waals surface area (Å²) in [4.78, 5) is 12.1. The lowest BCUT2D eigenvalue weighted by molar-refractivity contribution is -0.138. The molecule has 0 N–H and O–H groups in total.